The maximum Gasteiger partial charge on any atom is 0.258 e. The average Bonchev–Trinajstić information content (AvgIpc) is 3.20. The molecule has 4 N–H and O–H groups in total. The summed E-state index contributed by atoms with van der Waals surface area (Å²) in [5, 5.41) is 13.3. The molecule has 2 atom stereocenters. The van der Waals surface area contributed by atoms with Crippen LogP contribution in [-0.4, -0.2) is 29.9 Å². The number of unbranched alkanes of at least 4 members (excludes halogenated alkanes) is 1. The maximum absolute atomic E-state index is 12.4. The summed E-state index contributed by atoms with van der Waals surface area (Å²) in [6, 6.07) is 14.0. The van der Waals surface area contributed by atoms with E-state index in [1.54, 1.807) is 24.3 Å². The van der Waals surface area contributed by atoms with Crippen molar-refractivity contribution in [1.82, 2.24) is 16.3 Å². The van der Waals surface area contributed by atoms with E-state index < -0.39 is 6.04 Å². The number of hydrazine groups is 1. The molecule has 1 fully saturated rings. The summed E-state index contributed by atoms with van der Waals surface area (Å²) < 4.78 is 5.90. The van der Waals surface area contributed by atoms with Gasteiger partial charge in [-0.1, -0.05) is 31.5 Å². The van der Waals surface area contributed by atoms with Crippen LogP contribution in [0.3, 0.4) is 0 Å². The molecule has 7 heteroatoms. The molecule has 1 saturated heterocycles. The Kier molecular flexibility index (Phi) is 7.00. The monoisotopic (exact) mass is 382 g/mol. The van der Waals surface area contributed by atoms with E-state index in [4.69, 9.17) is 4.74 Å². The fraction of sp³-hybridized carbons (Fsp3) is 0.333. The fourth-order valence-electron chi connectivity index (χ4n) is 2.97. The zero-order valence-electron chi connectivity index (χ0n) is 15.9. The highest BCUT2D eigenvalue weighted by Crippen LogP contribution is 2.30. The SMILES string of the molecule is CCCCOc1ccccc1C1CC(C(=O)N/N=C/c2ccc(O)cc2)NN1. The van der Waals surface area contributed by atoms with E-state index in [9.17, 15) is 9.90 Å². The van der Waals surface area contributed by atoms with Gasteiger partial charge < -0.3 is 9.84 Å². The number of hydrazone groups is 1. The van der Waals surface area contributed by atoms with Crippen molar-refractivity contribution in [2.75, 3.05) is 6.61 Å². The van der Waals surface area contributed by atoms with Crippen LogP contribution >= 0.6 is 0 Å². The molecule has 0 radical (unpaired) electrons. The van der Waals surface area contributed by atoms with Crippen molar-refractivity contribution in [3.05, 3.63) is 59.7 Å². The molecule has 0 bridgehead atoms. The van der Waals surface area contributed by atoms with Crippen molar-refractivity contribution in [3.8, 4) is 11.5 Å². The van der Waals surface area contributed by atoms with Crippen molar-refractivity contribution in [3.63, 3.8) is 0 Å². The highest BCUT2D eigenvalue weighted by Gasteiger charge is 2.31. The predicted octanol–water partition coefficient (Wildman–Crippen LogP) is 2.63. The van der Waals surface area contributed by atoms with Gasteiger partial charge in [0.2, 0.25) is 0 Å². The number of para-hydroxylation sites is 1. The number of aromatic hydroxyl groups is 1. The zero-order valence-corrected chi connectivity index (χ0v) is 15.9. The van der Waals surface area contributed by atoms with Crippen molar-refractivity contribution in [1.29, 1.82) is 0 Å². The van der Waals surface area contributed by atoms with Crippen LogP contribution in [0.15, 0.2) is 53.6 Å². The Morgan fingerprint density at radius 1 is 1.25 bits per heavy atom. The van der Waals surface area contributed by atoms with Crippen LogP contribution in [-0.2, 0) is 4.79 Å². The van der Waals surface area contributed by atoms with E-state index in [1.165, 1.54) is 6.21 Å². The summed E-state index contributed by atoms with van der Waals surface area (Å²) >= 11 is 0. The van der Waals surface area contributed by atoms with Crippen LogP contribution in [0.25, 0.3) is 0 Å². The lowest BCUT2D eigenvalue weighted by Crippen LogP contribution is -2.41. The summed E-state index contributed by atoms with van der Waals surface area (Å²) in [7, 11) is 0. The molecule has 2 aromatic rings. The van der Waals surface area contributed by atoms with Gasteiger partial charge in [-0.2, -0.15) is 5.10 Å². The summed E-state index contributed by atoms with van der Waals surface area (Å²) in [5.41, 5.74) is 10.6. The van der Waals surface area contributed by atoms with Crippen LogP contribution in [0.1, 0.15) is 43.4 Å². The molecular formula is C21H26N4O3. The van der Waals surface area contributed by atoms with Gasteiger partial charge in [0.25, 0.3) is 5.91 Å². The molecule has 148 valence electrons. The van der Waals surface area contributed by atoms with E-state index in [0.29, 0.717) is 13.0 Å². The highest BCUT2D eigenvalue weighted by atomic mass is 16.5. The lowest BCUT2D eigenvalue weighted by molar-refractivity contribution is -0.122. The van der Waals surface area contributed by atoms with Gasteiger partial charge in [-0.3, -0.25) is 4.79 Å². The first-order valence-electron chi connectivity index (χ1n) is 9.52. The smallest absolute Gasteiger partial charge is 0.258 e. The van der Waals surface area contributed by atoms with Crippen LogP contribution in [0.2, 0.25) is 0 Å². The second-order valence-electron chi connectivity index (χ2n) is 6.70. The van der Waals surface area contributed by atoms with Crippen LogP contribution < -0.4 is 21.0 Å². The third-order valence-corrected chi connectivity index (χ3v) is 4.55. The van der Waals surface area contributed by atoms with E-state index in [1.807, 2.05) is 24.3 Å². The Bertz CT molecular complexity index is 808. The van der Waals surface area contributed by atoms with E-state index >= 15 is 0 Å². The molecule has 2 aromatic carbocycles. The fourth-order valence-corrected chi connectivity index (χ4v) is 2.97. The molecule has 0 aromatic heterocycles. The van der Waals surface area contributed by atoms with Crippen LogP contribution in [0.5, 0.6) is 11.5 Å². The number of carbonyl (C=O) groups is 1. The van der Waals surface area contributed by atoms with Gasteiger partial charge in [-0.25, -0.2) is 16.3 Å². The zero-order chi connectivity index (χ0) is 19.8. The number of amides is 1. The number of ether oxygens (including phenoxy) is 1. The molecule has 28 heavy (non-hydrogen) atoms. The largest absolute Gasteiger partial charge is 0.508 e. The van der Waals surface area contributed by atoms with Gasteiger partial charge in [-0.05, 0) is 48.7 Å². The highest BCUT2D eigenvalue weighted by molar-refractivity contribution is 5.85. The van der Waals surface area contributed by atoms with Crippen LogP contribution in [0.4, 0.5) is 0 Å². The van der Waals surface area contributed by atoms with Gasteiger partial charge in [0.15, 0.2) is 0 Å². The van der Waals surface area contributed by atoms with E-state index in [2.05, 4.69) is 28.3 Å². The molecule has 2 unspecified atom stereocenters. The average molecular weight is 382 g/mol. The standard InChI is InChI=1S/C21H26N4O3/c1-2-3-12-28-20-7-5-4-6-17(20)18-13-19(24-23-18)21(27)25-22-14-15-8-10-16(26)11-9-15/h4-11,14,18-19,23-24,26H,2-3,12-13H2,1H3,(H,25,27)/b22-14+. The molecular weight excluding hydrogens is 356 g/mol. The number of hydrogen-bond acceptors (Lipinski definition) is 6. The third-order valence-electron chi connectivity index (χ3n) is 4.55. The Morgan fingerprint density at radius 3 is 2.82 bits per heavy atom. The Balaban J connectivity index is 1.54. The molecule has 1 aliphatic rings. The van der Waals surface area contributed by atoms with E-state index in [-0.39, 0.29) is 17.7 Å². The Morgan fingerprint density at radius 2 is 2.04 bits per heavy atom. The van der Waals surface area contributed by atoms with Gasteiger partial charge in [0, 0.05) is 5.56 Å². The summed E-state index contributed by atoms with van der Waals surface area (Å²) in [5.74, 6) is 0.823. The topological polar surface area (TPSA) is 95.0 Å². The molecule has 0 spiro atoms. The molecule has 3 rings (SSSR count). The van der Waals surface area contributed by atoms with Gasteiger partial charge in [-0.15, -0.1) is 0 Å². The lowest BCUT2D eigenvalue weighted by Gasteiger charge is -2.15. The normalized spacial score (nSPS) is 19.0. The number of hydrogen-bond donors (Lipinski definition) is 4. The first kappa shape index (κ1) is 19.9. The second-order valence-corrected chi connectivity index (χ2v) is 6.70. The Labute approximate surface area is 164 Å². The number of phenolic OH excluding ortho intramolecular Hbond substituents is 1. The van der Waals surface area contributed by atoms with Gasteiger partial charge in [0.1, 0.15) is 17.5 Å². The molecule has 0 aliphatic carbocycles. The molecule has 1 heterocycles. The van der Waals surface area contributed by atoms with Gasteiger partial charge in [0.05, 0.1) is 18.9 Å². The minimum Gasteiger partial charge on any atom is -0.508 e. The van der Waals surface area contributed by atoms with Crippen molar-refractivity contribution < 1.29 is 14.6 Å². The number of phenols is 1. The third kappa shape index (κ3) is 5.31. The Hall–Kier alpha value is -2.90. The quantitative estimate of drug-likeness (QED) is 0.320. The van der Waals surface area contributed by atoms with Gasteiger partial charge >= 0.3 is 0 Å². The lowest BCUT2D eigenvalue weighted by atomic mass is 10.0. The summed E-state index contributed by atoms with van der Waals surface area (Å²) in [6.45, 7) is 2.81. The van der Waals surface area contributed by atoms with Crippen molar-refractivity contribution >= 4 is 12.1 Å². The van der Waals surface area contributed by atoms with Crippen molar-refractivity contribution in [2.24, 2.45) is 5.10 Å². The van der Waals surface area contributed by atoms with Crippen molar-refractivity contribution in [2.45, 2.75) is 38.3 Å². The predicted molar refractivity (Wildman–Crippen MR) is 108 cm³/mol. The number of benzene rings is 2. The second kappa shape index (κ2) is 9.87. The van der Waals surface area contributed by atoms with E-state index in [0.717, 1.165) is 29.7 Å². The first-order valence-corrected chi connectivity index (χ1v) is 9.52. The summed E-state index contributed by atoms with van der Waals surface area (Å²) in [6.07, 6.45) is 4.22. The number of nitrogens with one attached hydrogen (secondary N) is 3. The number of carbonyl (C=O) groups excluding carboxylic acids is 1. The number of rotatable bonds is 8. The molecule has 0 saturated carbocycles. The number of nitrogens with zero attached hydrogens (tertiary/aromatic N) is 1. The molecule has 1 amide bonds. The van der Waals surface area contributed by atoms with Crippen LogP contribution in [0, 0.1) is 0 Å². The minimum absolute atomic E-state index is 0.0188. The first-order chi connectivity index (χ1) is 13.7. The summed E-state index contributed by atoms with van der Waals surface area (Å²) in [4.78, 5) is 12.4. The maximum atomic E-state index is 12.4. The minimum atomic E-state index is -0.398. The molecule has 7 nitrogen and oxygen atoms in total. The molecule has 1 aliphatic heterocycles.